The van der Waals surface area contributed by atoms with Crippen molar-refractivity contribution in [2.45, 2.75) is 20.3 Å². The molecule has 3 aromatic rings. The molecule has 2 aromatic heterocycles. The maximum Gasteiger partial charge on any atom is 0.340 e. The van der Waals surface area contributed by atoms with Gasteiger partial charge in [0.1, 0.15) is 17.9 Å². The second kappa shape index (κ2) is 7.53. The normalized spacial score (nSPS) is 10.7. The van der Waals surface area contributed by atoms with Crippen LogP contribution >= 0.6 is 11.3 Å². The minimum absolute atomic E-state index is 0.0718. The molecule has 3 rings (SSSR count). The summed E-state index contributed by atoms with van der Waals surface area (Å²) < 4.78 is 11.0. The molecular formula is C19H18N2O4S. The molecule has 0 spiro atoms. The van der Waals surface area contributed by atoms with Gasteiger partial charge in [0.25, 0.3) is 0 Å². The minimum atomic E-state index is -0.527. The number of anilines is 1. The van der Waals surface area contributed by atoms with E-state index in [1.54, 1.807) is 30.6 Å². The number of hydrogen-bond acceptors (Lipinski definition) is 6. The van der Waals surface area contributed by atoms with E-state index < -0.39 is 5.63 Å². The van der Waals surface area contributed by atoms with Crippen LogP contribution in [-0.2, 0) is 11.2 Å². The van der Waals surface area contributed by atoms with Crippen molar-refractivity contribution < 1.29 is 13.9 Å². The molecule has 0 bridgehead atoms. The van der Waals surface area contributed by atoms with Crippen LogP contribution in [0.15, 0.2) is 51.1 Å². The zero-order chi connectivity index (χ0) is 18.7. The van der Waals surface area contributed by atoms with Crippen molar-refractivity contribution in [1.82, 2.24) is 4.98 Å². The Morgan fingerprint density at radius 3 is 2.92 bits per heavy atom. The molecule has 0 fully saturated rings. The van der Waals surface area contributed by atoms with Crippen LogP contribution in [-0.4, -0.2) is 17.5 Å². The van der Waals surface area contributed by atoms with Gasteiger partial charge in [-0.15, -0.1) is 11.3 Å². The topological polar surface area (TPSA) is 81.4 Å². The molecule has 0 atom stereocenters. The molecular weight excluding hydrogens is 352 g/mol. The van der Waals surface area contributed by atoms with E-state index in [0.717, 1.165) is 16.5 Å². The average Bonchev–Trinajstić information content (AvgIpc) is 3.09. The molecule has 0 aliphatic carbocycles. The van der Waals surface area contributed by atoms with Gasteiger partial charge in [-0.3, -0.25) is 4.79 Å². The zero-order valence-electron chi connectivity index (χ0n) is 14.5. The van der Waals surface area contributed by atoms with Crippen molar-refractivity contribution in [3.63, 3.8) is 0 Å². The second-order valence-corrected chi connectivity index (χ2v) is 6.85. The highest BCUT2D eigenvalue weighted by Crippen LogP contribution is 2.25. The van der Waals surface area contributed by atoms with Crippen molar-refractivity contribution in [3.8, 4) is 5.75 Å². The van der Waals surface area contributed by atoms with E-state index in [4.69, 9.17) is 9.15 Å². The number of fused-ring (bicyclic) bond motifs is 1. The maximum absolute atomic E-state index is 12.4. The van der Waals surface area contributed by atoms with Crippen LogP contribution in [0, 0.1) is 6.92 Å². The van der Waals surface area contributed by atoms with Gasteiger partial charge in [-0.05, 0) is 37.1 Å². The highest BCUT2D eigenvalue weighted by Gasteiger charge is 2.16. The molecule has 7 heteroatoms. The second-order valence-electron chi connectivity index (χ2n) is 5.96. The number of nitrogens with zero attached hydrogens (tertiary/aromatic N) is 1. The molecule has 0 aliphatic rings. The van der Waals surface area contributed by atoms with E-state index in [1.807, 2.05) is 13.0 Å². The first-order valence-electron chi connectivity index (χ1n) is 7.97. The highest BCUT2D eigenvalue weighted by molar-refractivity contribution is 7.13. The molecule has 1 amide bonds. The van der Waals surface area contributed by atoms with Crippen LogP contribution in [0.25, 0.3) is 11.0 Å². The lowest BCUT2D eigenvalue weighted by Gasteiger charge is -2.10. The summed E-state index contributed by atoms with van der Waals surface area (Å²) in [4.78, 5) is 28.5. The summed E-state index contributed by atoms with van der Waals surface area (Å²) in [5, 5.41) is 5.70. The molecule has 0 saturated carbocycles. The predicted octanol–water partition coefficient (Wildman–Crippen LogP) is 3.69. The van der Waals surface area contributed by atoms with E-state index in [2.05, 4.69) is 16.9 Å². The van der Waals surface area contributed by atoms with Crippen LogP contribution < -0.4 is 15.7 Å². The van der Waals surface area contributed by atoms with E-state index in [-0.39, 0.29) is 12.3 Å². The number of rotatable bonds is 6. The zero-order valence-corrected chi connectivity index (χ0v) is 15.3. The maximum atomic E-state index is 12.4. The fraction of sp³-hybridized carbons (Fsp3) is 0.211. The van der Waals surface area contributed by atoms with Gasteiger partial charge in [-0.25, -0.2) is 9.78 Å². The number of hydrogen-bond donors (Lipinski definition) is 1. The third kappa shape index (κ3) is 4.00. The lowest BCUT2D eigenvalue weighted by molar-refractivity contribution is -0.115. The average molecular weight is 370 g/mol. The number of nitrogens with one attached hydrogen (secondary N) is 1. The van der Waals surface area contributed by atoms with Gasteiger partial charge in [0.05, 0.1) is 12.0 Å². The summed E-state index contributed by atoms with van der Waals surface area (Å²) in [7, 11) is 0. The Kier molecular flexibility index (Phi) is 5.18. The lowest BCUT2D eigenvalue weighted by Crippen LogP contribution is -2.20. The summed E-state index contributed by atoms with van der Waals surface area (Å²) in [6, 6.07) is 5.30. The SMILES string of the molecule is C=C(C)COc1ccc2c(C)c(CC(=O)Nc3nccs3)c(=O)oc2c1. The van der Waals surface area contributed by atoms with E-state index in [1.165, 1.54) is 11.3 Å². The number of carbonyl (C=O) groups excluding carboxylic acids is 1. The van der Waals surface area contributed by atoms with Crippen LogP contribution in [0.2, 0.25) is 0 Å². The van der Waals surface area contributed by atoms with Gasteiger partial charge < -0.3 is 14.5 Å². The molecule has 0 unspecified atom stereocenters. The molecule has 26 heavy (non-hydrogen) atoms. The van der Waals surface area contributed by atoms with Crippen molar-refractivity contribution in [2.24, 2.45) is 0 Å². The highest BCUT2D eigenvalue weighted by atomic mass is 32.1. The van der Waals surface area contributed by atoms with Gasteiger partial charge in [0.15, 0.2) is 5.13 Å². The van der Waals surface area contributed by atoms with Gasteiger partial charge in [0.2, 0.25) is 5.91 Å². The number of carbonyl (C=O) groups is 1. The van der Waals surface area contributed by atoms with Crippen molar-refractivity contribution >= 4 is 33.3 Å². The first kappa shape index (κ1) is 17.9. The quantitative estimate of drug-likeness (QED) is 0.529. The molecule has 0 aliphatic heterocycles. The third-order valence-corrected chi connectivity index (χ3v) is 4.45. The standard InChI is InChI=1S/C19H18N2O4S/c1-11(2)10-24-13-4-5-14-12(3)15(18(23)25-16(14)8-13)9-17(22)21-19-20-6-7-26-19/h4-8H,1,9-10H2,2-3H3,(H,20,21,22). The fourth-order valence-corrected chi connectivity index (χ4v) is 3.03. The first-order valence-corrected chi connectivity index (χ1v) is 8.85. The van der Waals surface area contributed by atoms with Crippen LogP contribution in [0.4, 0.5) is 5.13 Å². The Morgan fingerprint density at radius 1 is 1.42 bits per heavy atom. The monoisotopic (exact) mass is 370 g/mol. The minimum Gasteiger partial charge on any atom is -0.489 e. The molecule has 0 saturated heterocycles. The number of ether oxygens (including phenoxy) is 1. The molecule has 2 heterocycles. The van der Waals surface area contributed by atoms with Crippen LogP contribution in [0.5, 0.6) is 5.75 Å². The number of amides is 1. The number of aryl methyl sites for hydroxylation is 1. The summed E-state index contributed by atoms with van der Waals surface area (Å²) in [5.41, 5.74) is 1.85. The third-order valence-electron chi connectivity index (χ3n) is 3.76. The van der Waals surface area contributed by atoms with Gasteiger partial charge in [-0.1, -0.05) is 6.58 Å². The lowest BCUT2D eigenvalue weighted by atomic mass is 10.0. The van der Waals surface area contributed by atoms with E-state index >= 15 is 0 Å². The van der Waals surface area contributed by atoms with E-state index in [9.17, 15) is 9.59 Å². The Bertz CT molecular complexity index is 1020. The first-order chi connectivity index (χ1) is 12.4. The van der Waals surface area contributed by atoms with Gasteiger partial charge in [-0.2, -0.15) is 0 Å². The van der Waals surface area contributed by atoms with E-state index in [0.29, 0.717) is 28.6 Å². The fourth-order valence-electron chi connectivity index (χ4n) is 2.48. The number of aromatic nitrogens is 1. The Hall–Kier alpha value is -2.93. The van der Waals surface area contributed by atoms with Gasteiger partial charge >= 0.3 is 5.63 Å². The largest absolute Gasteiger partial charge is 0.489 e. The number of thiazole rings is 1. The Labute approximate surface area is 154 Å². The van der Waals surface area contributed by atoms with Crippen LogP contribution in [0.3, 0.4) is 0 Å². The summed E-state index contributed by atoms with van der Waals surface area (Å²) in [6.45, 7) is 7.85. The molecule has 1 N–H and O–H groups in total. The predicted molar refractivity (Wildman–Crippen MR) is 102 cm³/mol. The number of benzene rings is 1. The Morgan fingerprint density at radius 2 is 2.23 bits per heavy atom. The van der Waals surface area contributed by atoms with Crippen molar-refractivity contribution in [2.75, 3.05) is 11.9 Å². The Balaban J connectivity index is 1.87. The summed E-state index contributed by atoms with van der Waals surface area (Å²) in [6.07, 6.45) is 1.53. The summed E-state index contributed by atoms with van der Waals surface area (Å²) >= 11 is 1.32. The molecule has 6 nitrogen and oxygen atoms in total. The smallest absolute Gasteiger partial charge is 0.340 e. The summed E-state index contributed by atoms with van der Waals surface area (Å²) in [5.74, 6) is 0.286. The molecule has 0 radical (unpaired) electrons. The molecule has 1 aromatic carbocycles. The van der Waals surface area contributed by atoms with Crippen LogP contribution in [0.1, 0.15) is 18.1 Å². The molecule has 134 valence electrons. The van der Waals surface area contributed by atoms with Crippen molar-refractivity contribution in [1.29, 1.82) is 0 Å². The van der Waals surface area contributed by atoms with Gasteiger partial charge in [0, 0.05) is 23.0 Å². The van der Waals surface area contributed by atoms with Crippen molar-refractivity contribution in [3.05, 3.63) is 63.5 Å².